The van der Waals surface area contributed by atoms with Gasteiger partial charge < -0.3 is 4.74 Å². The van der Waals surface area contributed by atoms with E-state index >= 15 is 0 Å². The van der Waals surface area contributed by atoms with E-state index in [0.29, 0.717) is 0 Å². The molecule has 4 aromatic rings. The summed E-state index contributed by atoms with van der Waals surface area (Å²) in [6.07, 6.45) is 7.85. The van der Waals surface area contributed by atoms with Crippen molar-refractivity contribution in [1.82, 2.24) is 4.31 Å². The fraction of sp³-hybridized carbons (Fsp3) is 0.442. The maximum atomic E-state index is 14.4. The first-order valence-corrected chi connectivity index (χ1v) is 20.4. The molecule has 5 heteroatoms. The molecule has 4 aromatic carbocycles. The van der Waals surface area contributed by atoms with Crippen LogP contribution in [-0.4, -0.2) is 20.3 Å². The number of ether oxygens (including phenoxy) is 1. The van der Waals surface area contributed by atoms with Crippen LogP contribution in [0.15, 0.2) is 97.1 Å². The van der Waals surface area contributed by atoms with Crippen LogP contribution >= 0.6 is 7.92 Å². The molecule has 0 saturated heterocycles. The summed E-state index contributed by atoms with van der Waals surface area (Å²) in [6, 6.07) is 35.6. The van der Waals surface area contributed by atoms with Gasteiger partial charge in [0.1, 0.15) is 22.5 Å². The molecule has 2 atom stereocenters. The van der Waals surface area contributed by atoms with Crippen molar-refractivity contribution >= 4 is 34.8 Å². The van der Waals surface area contributed by atoms with Gasteiger partial charge >= 0.3 is 0 Å². The van der Waals surface area contributed by atoms with Crippen LogP contribution in [0.3, 0.4) is 0 Å². The molecule has 48 heavy (non-hydrogen) atoms. The average molecular weight is 676 g/mol. The molecule has 3 nitrogen and oxygen atoms in total. The predicted octanol–water partition coefficient (Wildman–Crippen LogP) is 9.53. The molecule has 4 fully saturated rings. The number of hydrogen-bond donors (Lipinski definition) is 0. The highest BCUT2D eigenvalue weighted by atomic mass is 32.2. The summed E-state index contributed by atoms with van der Waals surface area (Å²) in [5.74, 6) is 4.38. The molecular weight excluding hydrogens is 626 g/mol. The number of rotatable bonds is 7. The standard InChI is InChI=1S/C43H50NO2PS/c1-41(2,3)48(45)44(6)40(43-26-29-23-30(27-43)25-31(24-29)28-43)34-19-13-20-35-38(34)46-39-36(42(35,4)5)21-14-22-37(39)47(32-15-9-7-10-16-32)33-17-11-8-12-18-33/h7-22,29-31,40H,23-28H2,1-6H3/t29?,30?,31?,40-,43?,48+/m0/s1. The number of fused-ring (bicyclic) bond motifs is 2. The highest BCUT2D eigenvalue weighted by molar-refractivity contribution is 7.84. The second kappa shape index (κ2) is 11.9. The third-order valence-corrected chi connectivity index (χ3v) is 16.2. The van der Waals surface area contributed by atoms with Gasteiger partial charge in [0.05, 0.1) is 10.8 Å². The van der Waals surface area contributed by atoms with Crippen LogP contribution in [0.4, 0.5) is 0 Å². The van der Waals surface area contributed by atoms with E-state index in [0.717, 1.165) is 29.3 Å². The zero-order valence-electron chi connectivity index (χ0n) is 29.4. The van der Waals surface area contributed by atoms with Crippen molar-refractivity contribution in [2.45, 2.75) is 89.3 Å². The minimum atomic E-state index is -1.17. The van der Waals surface area contributed by atoms with E-state index in [2.05, 4.69) is 143 Å². The van der Waals surface area contributed by atoms with E-state index in [1.54, 1.807) is 0 Å². The first-order chi connectivity index (χ1) is 23.0. The van der Waals surface area contributed by atoms with Crippen LogP contribution in [0.25, 0.3) is 0 Å². The first kappa shape index (κ1) is 32.4. The van der Waals surface area contributed by atoms with Crippen molar-refractivity contribution in [1.29, 1.82) is 0 Å². The minimum Gasteiger partial charge on any atom is -0.456 e. The minimum absolute atomic E-state index is 0.0233. The van der Waals surface area contributed by atoms with Gasteiger partial charge in [-0.1, -0.05) is 111 Å². The van der Waals surface area contributed by atoms with Crippen LogP contribution in [0.5, 0.6) is 11.5 Å². The Balaban J connectivity index is 1.32. The molecular formula is C43H50NO2PS. The average Bonchev–Trinajstić information content (AvgIpc) is 3.05. The molecule has 0 unspecified atom stereocenters. The summed E-state index contributed by atoms with van der Waals surface area (Å²) in [5.41, 5.74) is 3.54. The topological polar surface area (TPSA) is 29.5 Å². The van der Waals surface area contributed by atoms with Gasteiger partial charge in [-0.3, -0.25) is 0 Å². The fourth-order valence-electron chi connectivity index (χ4n) is 10.5. The zero-order chi connectivity index (χ0) is 33.4. The molecule has 0 radical (unpaired) electrons. The van der Waals surface area contributed by atoms with Gasteiger partial charge in [0, 0.05) is 34.5 Å². The maximum absolute atomic E-state index is 14.4. The summed E-state index contributed by atoms with van der Waals surface area (Å²) in [7, 11) is 0.108. The van der Waals surface area contributed by atoms with Gasteiger partial charge in [0.15, 0.2) is 0 Å². The Labute approximate surface area is 291 Å². The molecule has 0 aromatic heterocycles. The Bertz CT molecular complexity index is 1770. The summed E-state index contributed by atoms with van der Waals surface area (Å²) in [5, 5.41) is 3.89. The molecule has 1 heterocycles. The lowest BCUT2D eigenvalue weighted by molar-refractivity contribution is -0.0865. The Morgan fingerprint density at radius 2 is 1.23 bits per heavy atom. The fourth-order valence-corrected chi connectivity index (χ4v) is 14.2. The van der Waals surface area contributed by atoms with E-state index in [4.69, 9.17) is 4.74 Å². The van der Waals surface area contributed by atoms with Crippen molar-refractivity contribution in [2.24, 2.45) is 23.2 Å². The smallest absolute Gasteiger partial charge is 0.139 e. The van der Waals surface area contributed by atoms with Crippen molar-refractivity contribution < 1.29 is 8.95 Å². The monoisotopic (exact) mass is 675 g/mol. The molecule has 1 aliphatic heterocycles. The lowest BCUT2D eigenvalue weighted by Gasteiger charge is -2.61. The molecule has 5 aliphatic rings. The lowest BCUT2D eigenvalue weighted by atomic mass is 9.47. The molecule has 4 bridgehead atoms. The second-order valence-electron chi connectivity index (χ2n) is 16.7. The van der Waals surface area contributed by atoms with Gasteiger partial charge in [-0.15, -0.1) is 0 Å². The quantitative estimate of drug-likeness (QED) is 0.183. The van der Waals surface area contributed by atoms with Crippen molar-refractivity contribution in [3.8, 4) is 11.5 Å². The summed E-state index contributed by atoms with van der Waals surface area (Å²) in [4.78, 5) is 0. The largest absolute Gasteiger partial charge is 0.456 e. The van der Waals surface area contributed by atoms with Crippen LogP contribution < -0.4 is 20.7 Å². The van der Waals surface area contributed by atoms with Gasteiger partial charge in [-0.05, 0) is 101 Å². The number of hydrogen-bond acceptors (Lipinski definition) is 2. The summed E-state index contributed by atoms with van der Waals surface area (Å²) >= 11 is 0. The van der Waals surface area contributed by atoms with Crippen molar-refractivity contribution in [3.63, 3.8) is 0 Å². The highest BCUT2D eigenvalue weighted by Crippen LogP contribution is 2.66. The molecule has 0 amide bonds. The summed E-state index contributed by atoms with van der Waals surface area (Å²) in [6.45, 7) is 11.1. The van der Waals surface area contributed by atoms with Crippen molar-refractivity contribution in [3.05, 3.63) is 114 Å². The Hall–Kier alpha value is -2.78. The van der Waals surface area contributed by atoms with Gasteiger partial charge in [0.25, 0.3) is 0 Å². The SMILES string of the molecule is CN([C@@H](c1cccc2c1Oc1c(P(c3ccccc3)c3ccccc3)cccc1C2(C)C)C12CC3CC(CC(C3)C1)C2)[S@](=O)C(C)(C)C. The highest BCUT2D eigenvalue weighted by Gasteiger charge is 2.57. The van der Waals surface area contributed by atoms with Gasteiger partial charge in [-0.25, -0.2) is 8.51 Å². The predicted molar refractivity (Wildman–Crippen MR) is 203 cm³/mol. The Kier molecular flexibility index (Phi) is 8.06. The molecule has 0 spiro atoms. The van der Waals surface area contributed by atoms with Crippen molar-refractivity contribution in [2.75, 3.05) is 7.05 Å². The Morgan fingerprint density at radius 1 is 0.729 bits per heavy atom. The number of nitrogens with zero attached hydrogens (tertiary/aromatic N) is 1. The Morgan fingerprint density at radius 3 is 1.75 bits per heavy atom. The second-order valence-corrected chi connectivity index (χ2v) is 21.2. The van der Waals surface area contributed by atoms with E-state index in [9.17, 15) is 4.21 Å². The van der Waals surface area contributed by atoms with Gasteiger partial charge in [-0.2, -0.15) is 0 Å². The van der Waals surface area contributed by atoms with Crippen LogP contribution in [-0.2, 0) is 16.4 Å². The first-order valence-electron chi connectivity index (χ1n) is 18.0. The molecule has 4 saturated carbocycles. The van der Waals surface area contributed by atoms with E-state index in [-0.39, 0.29) is 21.6 Å². The van der Waals surface area contributed by atoms with Gasteiger partial charge in [0.2, 0.25) is 0 Å². The number of para-hydroxylation sites is 2. The summed E-state index contributed by atoms with van der Waals surface area (Å²) < 4.78 is 23.8. The van der Waals surface area contributed by atoms with E-state index < -0.39 is 18.9 Å². The zero-order valence-corrected chi connectivity index (χ0v) is 31.1. The third kappa shape index (κ3) is 5.33. The third-order valence-electron chi connectivity index (χ3n) is 12.0. The van der Waals surface area contributed by atoms with Crippen LogP contribution in [0.2, 0.25) is 0 Å². The van der Waals surface area contributed by atoms with Crippen LogP contribution in [0, 0.1) is 23.2 Å². The lowest BCUT2D eigenvalue weighted by Crippen LogP contribution is -2.53. The van der Waals surface area contributed by atoms with Crippen LogP contribution in [0.1, 0.15) is 95.9 Å². The molecule has 0 N–H and O–H groups in total. The normalized spacial score (nSPS) is 26.5. The van der Waals surface area contributed by atoms with E-state index in [1.807, 2.05) is 0 Å². The molecule has 9 rings (SSSR count). The maximum Gasteiger partial charge on any atom is 0.139 e. The number of benzene rings is 4. The van der Waals surface area contributed by atoms with E-state index in [1.165, 1.54) is 71.1 Å². The molecule has 250 valence electrons. The molecule has 4 aliphatic carbocycles.